The number of hydrogen-bond donors (Lipinski definition) is 1. The van der Waals surface area contributed by atoms with Crippen molar-refractivity contribution in [2.75, 3.05) is 12.3 Å². The molecular formula is C18H31NS. The van der Waals surface area contributed by atoms with Gasteiger partial charge in [-0.1, -0.05) is 60.1 Å². The molecular weight excluding hydrogens is 262 g/mol. The van der Waals surface area contributed by atoms with Crippen molar-refractivity contribution >= 4 is 11.8 Å². The standard InChI is InChI=1S/C18H31NS/c1-7-14(3)17(19-8-2)13-20-16-11-9-15(10-12-16)18(4,5)6/h9-12,14,17,19H,7-8,13H2,1-6H3. The van der Waals surface area contributed by atoms with Crippen molar-refractivity contribution in [1.82, 2.24) is 5.32 Å². The summed E-state index contributed by atoms with van der Waals surface area (Å²) >= 11 is 1.97. The molecule has 0 spiro atoms. The van der Waals surface area contributed by atoms with Crippen molar-refractivity contribution in [1.29, 1.82) is 0 Å². The molecule has 0 saturated heterocycles. The Morgan fingerprint density at radius 3 is 2.15 bits per heavy atom. The first-order chi connectivity index (χ1) is 9.38. The Kier molecular flexibility index (Phi) is 7.11. The maximum Gasteiger partial charge on any atom is 0.0187 e. The van der Waals surface area contributed by atoms with Gasteiger partial charge in [0.2, 0.25) is 0 Å². The van der Waals surface area contributed by atoms with Crippen molar-refractivity contribution in [3.8, 4) is 0 Å². The summed E-state index contributed by atoms with van der Waals surface area (Å²) in [6.45, 7) is 14.7. The quantitative estimate of drug-likeness (QED) is 0.702. The number of thioether (sulfide) groups is 1. The molecule has 0 aliphatic carbocycles. The number of rotatable bonds is 7. The molecule has 0 saturated carbocycles. The number of hydrogen-bond acceptors (Lipinski definition) is 2. The molecule has 20 heavy (non-hydrogen) atoms. The molecule has 0 heterocycles. The van der Waals surface area contributed by atoms with E-state index in [0.717, 1.165) is 18.2 Å². The third-order valence-corrected chi connectivity index (χ3v) is 5.08. The van der Waals surface area contributed by atoms with Gasteiger partial charge in [-0.15, -0.1) is 11.8 Å². The minimum atomic E-state index is 0.242. The van der Waals surface area contributed by atoms with Crippen molar-refractivity contribution in [3.63, 3.8) is 0 Å². The molecule has 0 aliphatic rings. The Hall–Kier alpha value is -0.470. The first-order valence-electron chi connectivity index (χ1n) is 7.85. The predicted molar refractivity (Wildman–Crippen MR) is 92.8 cm³/mol. The normalized spacial score (nSPS) is 15.1. The van der Waals surface area contributed by atoms with Crippen LogP contribution in [-0.4, -0.2) is 18.3 Å². The molecule has 1 aromatic carbocycles. The van der Waals surface area contributed by atoms with Gasteiger partial charge in [0.25, 0.3) is 0 Å². The van der Waals surface area contributed by atoms with E-state index in [9.17, 15) is 0 Å². The average Bonchev–Trinajstić information content (AvgIpc) is 2.42. The van der Waals surface area contributed by atoms with E-state index in [1.54, 1.807) is 0 Å². The number of nitrogens with one attached hydrogen (secondary N) is 1. The molecule has 0 fully saturated rings. The molecule has 1 aromatic rings. The molecule has 2 unspecified atom stereocenters. The highest BCUT2D eigenvalue weighted by molar-refractivity contribution is 7.99. The van der Waals surface area contributed by atoms with Crippen molar-refractivity contribution < 1.29 is 0 Å². The highest BCUT2D eigenvalue weighted by Crippen LogP contribution is 2.26. The smallest absolute Gasteiger partial charge is 0.0187 e. The van der Waals surface area contributed by atoms with E-state index in [1.165, 1.54) is 16.9 Å². The lowest BCUT2D eigenvalue weighted by Crippen LogP contribution is -2.36. The van der Waals surface area contributed by atoms with Gasteiger partial charge in [0.1, 0.15) is 0 Å². The monoisotopic (exact) mass is 293 g/mol. The molecule has 1 nitrogen and oxygen atoms in total. The second kappa shape index (κ2) is 8.09. The zero-order valence-corrected chi connectivity index (χ0v) is 14.8. The third-order valence-electron chi connectivity index (χ3n) is 3.95. The van der Waals surface area contributed by atoms with E-state index < -0.39 is 0 Å². The highest BCUT2D eigenvalue weighted by atomic mass is 32.2. The molecule has 0 aromatic heterocycles. The Bertz CT molecular complexity index is 377. The molecule has 0 aliphatic heterocycles. The lowest BCUT2D eigenvalue weighted by molar-refractivity contribution is 0.404. The second-order valence-electron chi connectivity index (χ2n) is 6.64. The van der Waals surface area contributed by atoms with Crippen LogP contribution < -0.4 is 5.32 Å². The van der Waals surface area contributed by atoms with Gasteiger partial charge < -0.3 is 5.32 Å². The SMILES string of the molecule is CCNC(CSc1ccc(C(C)(C)C)cc1)C(C)CC. The Morgan fingerprint density at radius 1 is 1.10 bits per heavy atom. The van der Waals surface area contributed by atoms with Crippen LogP contribution in [0.4, 0.5) is 0 Å². The van der Waals surface area contributed by atoms with Crippen LogP contribution in [0.3, 0.4) is 0 Å². The summed E-state index contributed by atoms with van der Waals surface area (Å²) < 4.78 is 0. The first kappa shape index (κ1) is 17.6. The molecule has 0 radical (unpaired) electrons. The van der Waals surface area contributed by atoms with E-state index in [1.807, 2.05) is 11.8 Å². The van der Waals surface area contributed by atoms with Gasteiger partial charge in [0, 0.05) is 16.7 Å². The van der Waals surface area contributed by atoms with Crippen molar-refractivity contribution in [2.24, 2.45) is 5.92 Å². The summed E-state index contributed by atoms with van der Waals surface area (Å²) in [6.07, 6.45) is 1.24. The average molecular weight is 294 g/mol. The Labute approximate surface area is 129 Å². The van der Waals surface area contributed by atoms with Crippen molar-refractivity contribution in [2.45, 2.75) is 64.3 Å². The van der Waals surface area contributed by atoms with Crippen LogP contribution in [-0.2, 0) is 5.41 Å². The maximum absolute atomic E-state index is 3.62. The summed E-state index contributed by atoms with van der Waals surface area (Å²) in [5, 5.41) is 3.62. The fourth-order valence-electron chi connectivity index (χ4n) is 2.21. The summed E-state index contributed by atoms with van der Waals surface area (Å²) in [7, 11) is 0. The zero-order valence-electron chi connectivity index (χ0n) is 14.0. The summed E-state index contributed by atoms with van der Waals surface area (Å²) in [4.78, 5) is 1.38. The fraction of sp³-hybridized carbons (Fsp3) is 0.667. The summed E-state index contributed by atoms with van der Waals surface area (Å²) in [5.74, 6) is 1.88. The maximum atomic E-state index is 3.62. The second-order valence-corrected chi connectivity index (χ2v) is 7.73. The molecule has 2 atom stereocenters. The van der Waals surface area contributed by atoms with Gasteiger partial charge in [-0.3, -0.25) is 0 Å². The van der Waals surface area contributed by atoms with Gasteiger partial charge in [-0.2, -0.15) is 0 Å². The lowest BCUT2D eigenvalue weighted by Gasteiger charge is -2.24. The minimum absolute atomic E-state index is 0.242. The van der Waals surface area contributed by atoms with E-state index in [4.69, 9.17) is 0 Å². The topological polar surface area (TPSA) is 12.0 Å². The Morgan fingerprint density at radius 2 is 1.70 bits per heavy atom. The van der Waals surface area contributed by atoms with E-state index >= 15 is 0 Å². The van der Waals surface area contributed by atoms with Crippen LogP contribution >= 0.6 is 11.8 Å². The first-order valence-corrected chi connectivity index (χ1v) is 8.83. The molecule has 1 rings (SSSR count). The molecule has 114 valence electrons. The molecule has 0 amide bonds. The van der Waals surface area contributed by atoms with Crippen LogP contribution in [0.5, 0.6) is 0 Å². The third kappa shape index (κ3) is 5.49. The van der Waals surface area contributed by atoms with Crippen LogP contribution in [0, 0.1) is 5.92 Å². The number of benzene rings is 1. The van der Waals surface area contributed by atoms with E-state index in [-0.39, 0.29) is 5.41 Å². The van der Waals surface area contributed by atoms with Crippen LogP contribution in [0.1, 0.15) is 53.5 Å². The van der Waals surface area contributed by atoms with Gasteiger partial charge in [0.05, 0.1) is 0 Å². The highest BCUT2D eigenvalue weighted by Gasteiger charge is 2.16. The lowest BCUT2D eigenvalue weighted by atomic mass is 9.87. The largest absolute Gasteiger partial charge is 0.313 e. The van der Waals surface area contributed by atoms with Crippen molar-refractivity contribution in [3.05, 3.63) is 29.8 Å². The Balaban J connectivity index is 2.60. The molecule has 0 bridgehead atoms. The van der Waals surface area contributed by atoms with Gasteiger partial charge in [0.15, 0.2) is 0 Å². The van der Waals surface area contributed by atoms with Crippen LogP contribution in [0.15, 0.2) is 29.2 Å². The van der Waals surface area contributed by atoms with E-state index in [2.05, 4.69) is 71.1 Å². The fourth-order valence-corrected chi connectivity index (χ4v) is 3.36. The predicted octanol–water partition coefficient (Wildman–Crippen LogP) is 5.10. The van der Waals surface area contributed by atoms with Gasteiger partial charge >= 0.3 is 0 Å². The van der Waals surface area contributed by atoms with E-state index in [0.29, 0.717) is 6.04 Å². The molecule has 1 N–H and O–H groups in total. The van der Waals surface area contributed by atoms with Crippen LogP contribution in [0.25, 0.3) is 0 Å². The zero-order chi connectivity index (χ0) is 15.2. The minimum Gasteiger partial charge on any atom is -0.313 e. The molecule has 2 heteroatoms. The van der Waals surface area contributed by atoms with Crippen LogP contribution in [0.2, 0.25) is 0 Å². The van der Waals surface area contributed by atoms with Gasteiger partial charge in [-0.25, -0.2) is 0 Å². The summed E-state index contributed by atoms with van der Waals surface area (Å²) in [6, 6.07) is 9.69. The van der Waals surface area contributed by atoms with Gasteiger partial charge in [-0.05, 0) is 35.6 Å². The summed E-state index contributed by atoms with van der Waals surface area (Å²) in [5.41, 5.74) is 1.65.